The number of amides is 1. The molecule has 1 aliphatic carbocycles. The van der Waals surface area contributed by atoms with Crippen LogP contribution in [0.1, 0.15) is 6.42 Å². The predicted molar refractivity (Wildman–Crippen MR) is 61.3 cm³/mol. The van der Waals surface area contributed by atoms with Crippen LogP contribution in [0.2, 0.25) is 0 Å². The van der Waals surface area contributed by atoms with Crippen molar-refractivity contribution in [3.63, 3.8) is 0 Å². The van der Waals surface area contributed by atoms with Gasteiger partial charge in [0.1, 0.15) is 5.82 Å². The van der Waals surface area contributed by atoms with Gasteiger partial charge in [0.15, 0.2) is 0 Å². The van der Waals surface area contributed by atoms with Crippen molar-refractivity contribution < 1.29 is 14.3 Å². The van der Waals surface area contributed by atoms with E-state index in [0.29, 0.717) is 12.2 Å². The second-order valence-electron chi connectivity index (χ2n) is 4.06. The summed E-state index contributed by atoms with van der Waals surface area (Å²) in [5.74, 6) is -0.335. The Morgan fingerprint density at radius 2 is 2.18 bits per heavy atom. The standard InChI is InChI=1S/C12H14N2O3/c1-14(10-5-3-4-6-13-10)11(15)8-7-9(8)12(16)17-2/h3-6,8-9H,7H2,1-2H3. The molecule has 1 heterocycles. The summed E-state index contributed by atoms with van der Waals surface area (Å²) >= 11 is 0. The monoisotopic (exact) mass is 234 g/mol. The number of pyridine rings is 1. The van der Waals surface area contributed by atoms with Crippen molar-refractivity contribution in [1.29, 1.82) is 0 Å². The van der Waals surface area contributed by atoms with Gasteiger partial charge in [-0.2, -0.15) is 0 Å². The van der Waals surface area contributed by atoms with Crippen LogP contribution in [0.3, 0.4) is 0 Å². The zero-order chi connectivity index (χ0) is 12.4. The van der Waals surface area contributed by atoms with Gasteiger partial charge in [0.25, 0.3) is 0 Å². The van der Waals surface area contributed by atoms with Crippen LogP contribution in [0, 0.1) is 11.8 Å². The van der Waals surface area contributed by atoms with E-state index in [4.69, 9.17) is 0 Å². The average molecular weight is 234 g/mol. The molecule has 0 aromatic carbocycles. The van der Waals surface area contributed by atoms with Crippen molar-refractivity contribution in [2.45, 2.75) is 6.42 Å². The Morgan fingerprint density at radius 1 is 1.41 bits per heavy atom. The number of hydrogen-bond donors (Lipinski definition) is 0. The van der Waals surface area contributed by atoms with Crippen LogP contribution in [0.25, 0.3) is 0 Å². The summed E-state index contributed by atoms with van der Waals surface area (Å²) in [7, 11) is 3.00. The summed E-state index contributed by atoms with van der Waals surface area (Å²) in [5, 5.41) is 0. The topological polar surface area (TPSA) is 59.5 Å². The van der Waals surface area contributed by atoms with E-state index >= 15 is 0 Å². The van der Waals surface area contributed by atoms with E-state index in [1.165, 1.54) is 12.0 Å². The van der Waals surface area contributed by atoms with Crippen LogP contribution in [0.5, 0.6) is 0 Å². The van der Waals surface area contributed by atoms with Gasteiger partial charge in [-0.05, 0) is 18.6 Å². The quantitative estimate of drug-likeness (QED) is 0.727. The van der Waals surface area contributed by atoms with Gasteiger partial charge in [-0.25, -0.2) is 4.98 Å². The molecule has 5 nitrogen and oxygen atoms in total. The second kappa shape index (κ2) is 4.53. The van der Waals surface area contributed by atoms with Gasteiger partial charge in [0, 0.05) is 13.2 Å². The molecule has 1 saturated carbocycles. The molecule has 90 valence electrons. The molecule has 2 atom stereocenters. The van der Waals surface area contributed by atoms with Crippen molar-refractivity contribution in [3.8, 4) is 0 Å². The third kappa shape index (κ3) is 2.27. The van der Waals surface area contributed by atoms with Crippen molar-refractivity contribution >= 4 is 17.7 Å². The summed E-state index contributed by atoms with van der Waals surface area (Å²) in [4.78, 5) is 28.8. The first kappa shape index (κ1) is 11.6. The smallest absolute Gasteiger partial charge is 0.309 e. The predicted octanol–water partition coefficient (Wildman–Crippen LogP) is 0.853. The molecule has 0 saturated heterocycles. The van der Waals surface area contributed by atoms with Gasteiger partial charge in [-0.15, -0.1) is 0 Å². The fourth-order valence-corrected chi connectivity index (χ4v) is 1.79. The molecule has 2 unspecified atom stereocenters. The fourth-order valence-electron chi connectivity index (χ4n) is 1.79. The highest BCUT2D eigenvalue weighted by atomic mass is 16.5. The minimum absolute atomic E-state index is 0.0842. The van der Waals surface area contributed by atoms with Crippen LogP contribution < -0.4 is 4.90 Å². The summed E-state index contributed by atoms with van der Waals surface area (Å²) in [6, 6.07) is 5.36. The van der Waals surface area contributed by atoms with E-state index in [0.717, 1.165) is 0 Å². The number of hydrogen-bond acceptors (Lipinski definition) is 4. The van der Waals surface area contributed by atoms with E-state index < -0.39 is 0 Å². The molecular weight excluding hydrogens is 220 g/mol. The first-order valence-corrected chi connectivity index (χ1v) is 5.41. The van der Waals surface area contributed by atoms with E-state index in [-0.39, 0.29) is 23.7 Å². The molecule has 2 rings (SSSR count). The Hall–Kier alpha value is -1.91. The Balaban J connectivity index is 2.01. The van der Waals surface area contributed by atoms with Crippen LogP contribution in [0.4, 0.5) is 5.82 Å². The number of aromatic nitrogens is 1. The number of rotatable bonds is 3. The Kier molecular flexibility index (Phi) is 3.08. The minimum Gasteiger partial charge on any atom is -0.469 e. The summed E-state index contributed by atoms with van der Waals surface area (Å²) < 4.78 is 4.61. The molecule has 0 radical (unpaired) electrons. The number of anilines is 1. The van der Waals surface area contributed by atoms with Gasteiger partial charge < -0.3 is 4.74 Å². The molecule has 0 spiro atoms. The molecule has 0 bridgehead atoms. The summed E-state index contributed by atoms with van der Waals surface area (Å²) in [6.45, 7) is 0. The van der Waals surface area contributed by atoms with Crippen LogP contribution >= 0.6 is 0 Å². The van der Waals surface area contributed by atoms with Crippen molar-refractivity contribution in [3.05, 3.63) is 24.4 Å². The number of methoxy groups -OCH3 is 1. The molecule has 17 heavy (non-hydrogen) atoms. The third-order valence-electron chi connectivity index (χ3n) is 2.94. The van der Waals surface area contributed by atoms with Gasteiger partial charge >= 0.3 is 5.97 Å². The SMILES string of the molecule is COC(=O)C1CC1C(=O)N(C)c1ccccn1. The average Bonchev–Trinajstić information content (AvgIpc) is 3.17. The lowest BCUT2D eigenvalue weighted by Crippen LogP contribution is -2.29. The lowest BCUT2D eigenvalue weighted by molar-refractivity contribution is -0.143. The first-order chi connectivity index (χ1) is 8.15. The number of carbonyl (C=O) groups excluding carboxylic acids is 2. The lowest BCUT2D eigenvalue weighted by Gasteiger charge is -2.15. The second-order valence-corrected chi connectivity index (χ2v) is 4.06. The highest BCUT2D eigenvalue weighted by Gasteiger charge is 2.50. The van der Waals surface area contributed by atoms with Gasteiger partial charge in [0.05, 0.1) is 18.9 Å². The normalized spacial score (nSPS) is 21.8. The summed E-state index contributed by atoms with van der Waals surface area (Å²) in [5.41, 5.74) is 0. The maximum atomic E-state index is 12.0. The lowest BCUT2D eigenvalue weighted by atomic mass is 10.3. The van der Waals surface area contributed by atoms with Gasteiger partial charge in [-0.1, -0.05) is 6.07 Å². The van der Waals surface area contributed by atoms with E-state index in [9.17, 15) is 9.59 Å². The number of nitrogens with zero attached hydrogens (tertiary/aromatic N) is 2. The molecule has 1 aromatic rings. The van der Waals surface area contributed by atoms with Crippen molar-refractivity contribution in [2.75, 3.05) is 19.1 Å². The zero-order valence-corrected chi connectivity index (χ0v) is 9.79. The van der Waals surface area contributed by atoms with Gasteiger partial charge in [0.2, 0.25) is 5.91 Å². The van der Waals surface area contributed by atoms with E-state index in [1.807, 2.05) is 6.07 Å². The number of ether oxygens (including phenoxy) is 1. The van der Waals surface area contributed by atoms with Crippen LogP contribution in [-0.2, 0) is 14.3 Å². The fraction of sp³-hybridized carbons (Fsp3) is 0.417. The maximum Gasteiger partial charge on any atom is 0.309 e. The first-order valence-electron chi connectivity index (χ1n) is 5.41. The molecular formula is C12H14N2O3. The zero-order valence-electron chi connectivity index (χ0n) is 9.79. The van der Waals surface area contributed by atoms with Crippen molar-refractivity contribution in [2.24, 2.45) is 11.8 Å². The summed E-state index contributed by atoms with van der Waals surface area (Å²) in [6.07, 6.45) is 2.20. The van der Waals surface area contributed by atoms with Gasteiger partial charge in [-0.3, -0.25) is 14.5 Å². The van der Waals surface area contributed by atoms with E-state index in [1.54, 1.807) is 25.4 Å². The van der Waals surface area contributed by atoms with Crippen LogP contribution in [-0.4, -0.2) is 31.0 Å². The largest absolute Gasteiger partial charge is 0.469 e. The number of carbonyl (C=O) groups is 2. The molecule has 1 aromatic heterocycles. The van der Waals surface area contributed by atoms with E-state index in [2.05, 4.69) is 9.72 Å². The number of esters is 1. The Bertz CT molecular complexity index is 433. The Morgan fingerprint density at radius 3 is 2.76 bits per heavy atom. The highest BCUT2D eigenvalue weighted by molar-refractivity contribution is 5.99. The Labute approximate surface area is 99.4 Å². The molecule has 1 aliphatic rings. The third-order valence-corrected chi connectivity index (χ3v) is 2.94. The molecule has 0 aliphatic heterocycles. The van der Waals surface area contributed by atoms with Crippen molar-refractivity contribution in [1.82, 2.24) is 4.98 Å². The highest BCUT2D eigenvalue weighted by Crippen LogP contribution is 2.41. The van der Waals surface area contributed by atoms with Crippen LogP contribution in [0.15, 0.2) is 24.4 Å². The molecule has 5 heteroatoms. The maximum absolute atomic E-state index is 12.0. The minimum atomic E-state index is -0.308. The molecule has 1 amide bonds. The molecule has 0 N–H and O–H groups in total. The molecule has 1 fully saturated rings.